The second kappa shape index (κ2) is 8.61. The van der Waals surface area contributed by atoms with Gasteiger partial charge in [0.1, 0.15) is 0 Å². The summed E-state index contributed by atoms with van der Waals surface area (Å²) in [6, 6.07) is 9.33. The molecule has 0 spiro atoms. The average Bonchev–Trinajstić information content (AvgIpc) is 2.54. The summed E-state index contributed by atoms with van der Waals surface area (Å²) < 4.78 is 0. The molecule has 0 unspecified atom stereocenters. The van der Waals surface area contributed by atoms with Gasteiger partial charge in [0.2, 0.25) is 0 Å². The van der Waals surface area contributed by atoms with Crippen molar-refractivity contribution in [2.75, 3.05) is 18.9 Å². The molecule has 24 heavy (non-hydrogen) atoms. The van der Waals surface area contributed by atoms with E-state index < -0.39 is 0 Å². The molecule has 3 nitrogen and oxygen atoms in total. The van der Waals surface area contributed by atoms with Crippen LogP contribution >= 0.6 is 34.8 Å². The van der Waals surface area contributed by atoms with Gasteiger partial charge < -0.3 is 10.2 Å². The number of hydrogen-bond acceptors (Lipinski definition) is 2. The first-order valence-electron chi connectivity index (χ1n) is 7.63. The Labute approximate surface area is 158 Å². The van der Waals surface area contributed by atoms with E-state index in [1.165, 1.54) is 0 Å². The second-order valence-corrected chi connectivity index (χ2v) is 6.78. The van der Waals surface area contributed by atoms with Crippen LogP contribution < -0.4 is 5.32 Å². The highest BCUT2D eigenvalue weighted by Gasteiger charge is 2.07. The van der Waals surface area contributed by atoms with Gasteiger partial charge in [-0.25, -0.2) is 4.99 Å². The summed E-state index contributed by atoms with van der Waals surface area (Å²) in [5.74, 6) is 0. The fourth-order valence-electron chi connectivity index (χ4n) is 2.05. The molecule has 6 heteroatoms. The van der Waals surface area contributed by atoms with E-state index in [9.17, 15) is 0 Å². The predicted octanol–water partition coefficient (Wildman–Crippen LogP) is 6.18. The van der Waals surface area contributed by atoms with Crippen LogP contribution in [0.3, 0.4) is 0 Å². The van der Waals surface area contributed by atoms with Crippen LogP contribution in [0.25, 0.3) is 0 Å². The summed E-state index contributed by atoms with van der Waals surface area (Å²) in [6.45, 7) is 5.56. The first-order chi connectivity index (χ1) is 11.4. The number of anilines is 1. The zero-order valence-electron chi connectivity index (χ0n) is 13.9. The van der Waals surface area contributed by atoms with Crippen LogP contribution in [0, 0.1) is 6.92 Å². The summed E-state index contributed by atoms with van der Waals surface area (Å²) in [5, 5.41) is 5.23. The highest BCUT2D eigenvalue weighted by Crippen LogP contribution is 2.31. The predicted molar refractivity (Wildman–Crippen MR) is 106 cm³/mol. The molecule has 0 saturated heterocycles. The topological polar surface area (TPSA) is 27.6 Å². The van der Waals surface area contributed by atoms with Crippen molar-refractivity contribution in [3.8, 4) is 0 Å². The maximum Gasteiger partial charge on any atom is 0.0910 e. The van der Waals surface area contributed by atoms with Gasteiger partial charge in [-0.1, -0.05) is 40.9 Å². The molecule has 0 aliphatic carbocycles. The molecule has 2 aromatic carbocycles. The molecule has 0 fully saturated rings. The second-order valence-electron chi connectivity index (χ2n) is 5.53. The lowest BCUT2D eigenvalue weighted by Crippen LogP contribution is -2.14. The number of nitrogens with one attached hydrogen (secondary N) is 1. The quantitative estimate of drug-likeness (QED) is 0.476. The van der Waals surface area contributed by atoms with Crippen molar-refractivity contribution in [1.29, 1.82) is 0 Å². The zero-order chi connectivity index (χ0) is 17.7. The molecule has 0 amide bonds. The van der Waals surface area contributed by atoms with E-state index in [4.69, 9.17) is 34.8 Å². The molecule has 0 aliphatic rings. The molecule has 0 saturated carbocycles. The van der Waals surface area contributed by atoms with Crippen molar-refractivity contribution in [2.24, 2.45) is 4.99 Å². The molecule has 0 heterocycles. The van der Waals surface area contributed by atoms with Gasteiger partial charge >= 0.3 is 0 Å². The van der Waals surface area contributed by atoms with Crippen molar-refractivity contribution in [3.63, 3.8) is 0 Å². The Kier molecular flexibility index (Phi) is 6.79. The highest BCUT2D eigenvalue weighted by atomic mass is 35.5. The van der Waals surface area contributed by atoms with Crippen LogP contribution in [-0.4, -0.2) is 24.8 Å². The number of aliphatic imine (C=N–C) groups is 1. The summed E-state index contributed by atoms with van der Waals surface area (Å²) in [7, 11) is 1.97. The Bertz CT molecular complexity index is 745. The third-order valence-corrected chi connectivity index (χ3v) is 4.56. The third kappa shape index (κ3) is 5.04. The summed E-state index contributed by atoms with van der Waals surface area (Å²) >= 11 is 18.5. The van der Waals surface area contributed by atoms with Crippen LogP contribution in [0.15, 0.2) is 35.3 Å². The highest BCUT2D eigenvalue weighted by molar-refractivity contribution is 6.35. The largest absolute Gasteiger partial charge is 0.381 e. The summed E-state index contributed by atoms with van der Waals surface area (Å²) in [4.78, 5) is 6.41. The van der Waals surface area contributed by atoms with E-state index >= 15 is 0 Å². The van der Waals surface area contributed by atoms with E-state index in [0.29, 0.717) is 21.6 Å². The van der Waals surface area contributed by atoms with Crippen molar-refractivity contribution in [1.82, 2.24) is 4.90 Å². The van der Waals surface area contributed by atoms with Crippen molar-refractivity contribution in [3.05, 3.63) is 56.5 Å². The maximum absolute atomic E-state index is 6.35. The first kappa shape index (κ1) is 18.9. The van der Waals surface area contributed by atoms with Crippen LogP contribution in [0.5, 0.6) is 0 Å². The molecule has 128 valence electrons. The Morgan fingerprint density at radius 3 is 2.54 bits per heavy atom. The SMILES string of the molecule is CCN(C)C=Nc1cc(C)c(NCc2ccc(Cl)cc2Cl)cc1Cl. The van der Waals surface area contributed by atoms with Gasteiger partial charge in [0.15, 0.2) is 0 Å². The molecule has 0 aliphatic heterocycles. The molecule has 0 atom stereocenters. The number of benzene rings is 2. The molecule has 2 rings (SSSR count). The lowest BCUT2D eigenvalue weighted by Gasteiger charge is -2.13. The minimum Gasteiger partial charge on any atom is -0.381 e. The van der Waals surface area contributed by atoms with E-state index in [1.54, 1.807) is 12.4 Å². The van der Waals surface area contributed by atoms with Gasteiger partial charge in [-0.15, -0.1) is 0 Å². The van der Waals surface area contributed by atoms with Crippen molar-refractivity contribution < 1.29 is 0 Å². The van der Waals surface area contributed by atoms with E-state index in [1.807, 2.05) is 43.1 Å². The van der Waals surface area contributed by atoms with Gasteiger partial charge in [0.25, 0.3) is 0 Å². The van der Waals surface area contributed by atoms with Gasteiger partial charge in [-0.05, 0) is 49.2 Å². The van der Waals surface area contributed by atoms with Gasteiger partial charge in [-0.3, -0.25) is 0 Å². The lowest BCUT2D eigenvalue weighted by atomic mass is 10.1. The number of nitrogens with zero attached hydrogens (tertiary/aromatic N) is 2. The van der Waals surface area contributed by atoms with Crippen molar-refractivity contribution in [2.45, 2.75) is 20.4 Å². The Morgan fingerprint density at radius 1 is 1.12 bits per heavy atom. The van der Waals surface area contributed by atoms with E-state index in [-0.39, 0.29) is 0 Å². The smallest absolute Gasteiger partial charge is 0.0910 e. The minimum absolute atomic E-state index is 0.592. The van der Waals surface area contributed by atoms with Crippen LogP contribution in [0.2, 0.25) is 15.1 Å². The molecule has 0 radical (unpaired) electrons. The van der Waals surface area contributed by atoms with Crippen LogP contribution in [0.1, 0.15) is 18.1 Å². The zero-order valence-corrected chi connectivity index (χ0v) is 16.2. The van der Waals surface area contributed by atoms with Gasteiger partial charge in [0, 0.05) is 35.9 Å². The molecule has 1 N–H and O–H groups in total. The first-order valence-corrected chi connectivity index (χ1v) is 8.76. The Balaban J connectivity index is 2.14. The maximum atomic E-state index is 6.35. The van der Waals surface area contributed by atoms with Crippen LogP contribution in [-0.2, 0) is 6.54 Å². The molecular weight excluding hydrogens is 365 g/mol. The van der Waals surface area contributed by atoms with Gasteiger partial charge in [0.05, 0.1) is 17.0 Å². The third-order valence-electron chi connectivity index (χ3n) is 3.67. The Hall–Kier alpha value is -1.42. The molecule has 0 aromatic heterocycles. The number of hydrogen-bond donors (Lipinski definition) is 1. The van der Waals surface area contributed by atoms with E-state index in [2.05, 4.69) is 17.2 Å². The number of aryl methyl sites for hydroxylation is 1. The fourth-order valence-corrected chi connectivity index (χ4v) is 2.74. The molecule has 2 aromatic rings. The lowest BCUT2D eigenvalue weighted by molar-refractivity contribution is 0.552. The average molecular weight is 385 g/mol. The normalized spacial score (nSPS) is 11.1. The summed E-state index contributed by atoms with van der Waals surface area (Å²) in [5.41, 5.74) is 3.75. The standard InChI is InChI=1S/C18H20Cl3N3/c1-4-24(3)11-23-18-7-12(2)17(9-16(18)21)22-10-13-5-6-14(19)8-15(13)20/h5-9,11,22H,4,10H2,1-3H3. The number of halogens is 3. The number of rotatable bonds is 6. The summed E-state index contributed by atoms with van der Waals surface area (Å²) in [6.07, 6.45) is 1.78. The van der Waals surface area contributed by atoms with E-state index in [0.717, 1.165) is 29.0 Å². The minimum atomic E-state index is 0.592. The Morgan fingerprint density at radius 2 is 1.88 bits per heavy atom. The molecular formula is C18H20Cl3N3. The monoisotopic (exact) mass is 383 g/mol. The molecule has 0 bridgehead atoms. The van der Waals surface area contributed by atoms with Gasteiger partial charge in [-0.2, -0.15) is 0 Å². The van der Waals surface area contributed by atoms with Crippen LogP contribution in [0.4, 0.5) is 11.4 Å². The fraction of sp³-hybridized carbons (Fsp3) is 0.278. The van der Waals surface area contributed by atoms with Crippen molar-refractivity contribution >= 4 is 52.5 Å².